The second-order valence-corrected chi connectivity index (χ2v) is 8.69. The molecular formula is C20H29ClN2O6. The van der Waals surface area contributed by atoms with Gasteiger partial charge in [0.1, 0.15) is 17.4 Å². The highest BCUT2D eigenvalue weighted by atomic mass is 35.5. The first-order chi connectivity index (χ1) is 13.2. The van der Waals surface area contributed by atoms with E-state index in [1.807, 2.05) is 0 Å². The Kier molecular flexibility index (Phi) is 8.32. The Balaban J connectivity index is 2.98. The number of nitrogens with one attached hydrogen (secondary N) is 2. The molecule has 0 aliphatic carbocycles. The van der Waals surface area contributed by atoms with E-state index in [4.69, 9.17) is 21.1 Å². The predicted octanol–water partition coefficient (Wildman–Crippen LogP) is 3.01. The first kappa shape index (κ1) is 24.6. The first-order valence-electron chi connectivity index (χ1n) is 9.08. The van der Waals surface area contributed by atoms with Gasteiger partial charge >= 0.3 is 12.1 Å². The molecule has 0 bridgehead atoms. The number of methoxy groups -OCH3 is 1. The third-order valence-corrected chi connectivity index (χ3v) is 4.24. The molecule has 0 radical (unpaired) electrons. The SMILES string of the molecule is COc1ccc(C[C@@H](NC(=O)OC(C)(C)C)C(=O)NCC(C)(C)C(=O)O)cc1Cl. The lowest BCUT2D eigenvalue weighted by atomic mass is 9.93. The molecule has 2 amide bonds. The van der Waals surface area contributed by atoms with Crippen LogP contribution in [0, 0.1) is 5.41 Å². The quantitative estimate of drug-likeness (QED) is 0.586. The maximum atomic E-state index is 12.7. The van der Waals surface area contributed by atoms with Crippen molar-refractivity contribution >= 4 is 29.6 Å². The summed E-state index contributed by atoms with van der Waals surface area (Å²) >= 11 is 6.14. The largest absolute Gasteiger partial charge is 0.495 e. The van der Waals surface area contributed by atoms with Crippen molar-refractivity contribution in [2.45, 2.75) is 52.7 Å². The summed E-state index contributed by atoms with van der Waals surface area (Å²) in [7, 11) is 1.49. The Morgan fingerprint density at radius 3 is 2.28 bits per heavy atom. The smallest absolute Gasteiger partial charge is 0.408 e. The summed E-state index contributed by atoms with van der Waals surface area (Å²) < 4.78 is 10.3. The van der Waals surface area contributed by atoms with Crippen LogP contribution in [0.3, 0.4) is 0 Å². The van der Waals surface area contributed by atoms with Gasteiger partial charge in [0.25, 0.3) is 0 Å². The zero-order valence-electron chi connectivity index (χ0n) is 17.6. The highest BCUT2D eigenvalue weighted by Crippen LogP contribution is 2.25. The number of hydrogen-bond acceptors (Lipinski definition) is 5. The van der Waals surface area contributed by atoms with E-state index in [2.05, 4.69) is 10.6 Å². The molecule has 3 N–H and O–H groups in total. The number of amides is 2. The number of aliphatic carboxylic acids is 1. The minimum atomic E-state index is -1.16. The van der Waals surface area contributed by atoms with Crippen LogP contribution in [0.25, 0.3) is 0 Å². The van der Waals surface area contributed by atoms with Crippen molar-refractivity contribution < 1.29 is 29.0 Å². The Morgan fingerprint density at radius 1 is 1.17 bits per heavy atom. The maximum absolute atomic E-state index is 12.7. The number of benzene rings is 1. The van der Waals surface area contributed by atoms with Crippen molar-refractivity contribution in [3.8, 4) is 5.75 Å². The number of carboxylic acids is 1. The minimum absolute atomic E-state index is 0.100. The van der Waals surface area contributed by atoms with Crippen LogP contribution in [0.15, 0.2) is 18.2 Å². The Hall–Kier alpha value is -2.48. The zero-order valence-corrected chi connectivity index (χ0v) is 18.3. The lowest BCUT2D eigenvalue weighted by Crippen LogP contribution is -2.51. The second-order valence-electron chi connectivity index (χ2n) is 8.28. The number of carboxylic acid groups (broad SMARTS) is 1. The summed E-state index contributed by atoms with van der Waals surface area (Å²) in [6.45, 7) is 8.02. The molecule has 9 heteroatoms. The van der Waals surface area contributed by atoms with E-state index in [0.29, 0.717) is 16.3 Å². The number of alkyl carbamates (subject to hydrolysis) is 1. The molecule has 0 fully saturated rings. The molecule has 1 rings (SSSR count). The van der Waals surface area contributed by atoms with Crippen molar-refractivity contribution in [2.75, 3.05) is 13.7 Å². The van der Waals surface area contributed by atoms with E-state index in [1.165, 1.54) is 21.0 Å². The Morgan fingerprint density at radius 2 is 1.79 bits per heavy atom. The van der Waals surface area contributed by atoms with Crippen molar-refractivity contribution in [3.63, 3.8) is 0 Å². The van der Waals surface area contributed by atoms with Gasteiger partial charge in [-0.2, -0.15) is 0 Å². The summed E-state index contributed by atoms with van der Waals surface area (Å²) in [5.74, 6) is -1.09. The van der Waals surface area contributed by atoms with E-state index in [9.17, 15) is 19.5 Å². The molecule has 0 aromatic heterocycles. The lowest BCUT2D eigenvalue weighted by Gasteiger charge is -2.25. The van der Waals surface area contributed by atoms with Crippen LogP contribution >= 0.6 is 11.6 Å². The highest BCUT2D eigenvalue weighted by Gasteiger charge is 2.30. The van der Waals surface area contributed by atoms with Crippen molar-refractivity contribution in [2.24, 2.45) is 5.41 Å². The number of ether oxygens (including phenoxy) is 2. The maximum Gasteiger partial charge on any atom is 0.408 e. The Bertz CT molecular complexity index is 758. The monoisotopic (exact) mass is 428 g/mol. The zero-order chi connectivity index (χ0) is 22.4. The molecule has 29 heavy (non-hydrogen) atoms. The molecule has 0 spiro atoms. The number of carbonyl (C=O) groups excluding carboxylic acids is 2. The van der Waals surface area contributed by atoms with Crippen LogP contribution in [0.5, 0.6) is 5.75 Å². The highest BCUT2D eigenvalue weighted by molar-refractivity contribution is 6.32. The molecule has 8 nitrogen and oxygen atoms in total. The average molecular weight is 429 g/mol. The third-order valence-electron chi connectivity index (χ3n) is 3.95. The summed E-state index contributed by atoms with van der Waals surface area (Å²) in [6.07, 6.45) is -0.628. The van der Waals surface area contributed by atoms with Gasteiger partial charge in [-0.05, 0) is 52.3 Å². The van der Waals surface area contributed by atoms with E-state index < -0.39 is 35.0 Å². The fourth-order valence-electron chi connectivity index (χ4n) is 2.24. The molecule has 0 heterocycles. The first-order valence-corrected chi connectivity index (χ1v) is 9.46. The lowest BCUT2D eigenvalue weighted by molar-refractivity contribution is -0.146. The summed E-state index contributed by atoms with van der Waals surface area (Å²) in [5.41, 5.74) is -1.21. The van der Waals surface area contributed by atoms with Gasteiger partial charge < -0.3 is 25.2 Å². The number of carbonyl (C=O) groups is 3. The van der Waals surface area contributed by atoms with E-state index in [-0.39, 0.29) is 13.0 Å². The van der Waals surface area contributed by atoms with Gasteiger partial charge in [-0.25, -0.2) is 4.79 Å². The van der Waals surface area contributed by atoms with Crippen molar-refractivity contribution in [1.82, 2.24) is 10.6 Å². The molecule has 162 valence electrons. The van der Waals surface area contributed by atoms with Crippen molar-refractivity contribution in [3.05, 3.63) is 28.8 Å². The average Bonchev–Trinajstić information content (AvgIpc) is 2.57. The third kappa shape index (κ3) is 8.19. The van der Waals surface area contributed by atoms with Gasteiger partial charge in [-0.1, -0.05) is 17.7 Å². The van der Waals surface area contributed by atoms with E-state index >= 15 is 0 Å². The van der Waals surface area contributed by atoms with E-state index in [0.717, 1.165) is 0 Å². The number of rotatable bonds is 8. The standard InChI is InChI=1S/C20H29ClN2O6/c1-19(2,3)29-18(27)23-14(16(24)22-11-20(4,5)17(25)26)10-12-7-8-15(28-6)13(21)9-12/h7-9,14H,10-11H2,1-6H3,(H,22,24)(H,23,27)(H,25,26)/t14-/m1/s1. The van der Waals surface area contributed by atoms with Crippen LogP contribution in [-0.2, 0) is 20.7 Å². The summed E-state index contributed by atoms with van der Waals surface area (Å²) in [6, 6.07) is 4.04. The summed E-state index contributed by atoms with van der Waals surface area (Å²) in [5, 5.41) is 14.7. The molecule has 1 atom stereocenters. The predicted molar refractivity (Wildman–Crippen MR) is 109 cm³/mol. The molecular weight excluding hydrogens is 400 g/mol. The summed E-state index contributed by atoms with van der Waals surface area (Å²) in [4.78, 5) is 36.1. The van der Waals surface area contributed by atoms with Gasteiger partial charge in [0, 0.05) is 13.0 Å². The van der Waals surface area contributed by atoms with Crippen LogP contribution in [0.4, 0.5) is 4.79 Å². The fraction of sp³-hybridized carbons (Fsp3) is 0.550. The normalized spacial score (nSPS) is 12.7. The molecule has 1 aromatic carbocycles. The number of hydrogen-bond donors (Lipinski definition) is 3. The molecule has 0 unspecified atom stereocenters. The topological polar surface area (TPSA) is 114 Å². The minimum Gasteiger partial charge on any atom is -0.495 e. The molecule has 0 aliphatic heterocycles. The van der Waals surface area contributed by atoms with Gasteiger partial charge in [0.15, 0.2) is 0 Å². The van der Waals surface area contributed by atoms with Gasteiger partial charge in [-0.3, -0.25) is 9.59 Å². The fourth-order valence-corrected chi connectivity index (χ4v) is 2.52. The molecule has 0 aliphatic rings. The van der Waals surface area contributed by atoms with Crippen LogP contribution < -0.4 is 15.4 Å². The van der Waals surface area contributed by atoms with Crippen LogP contribution in [-0.4, -0.2) is 48.4 Å². The number of halogens is 1. The van der Waals surface area contributed by atoms with Gasteiger partial charge in [0.05, 0.1) is 17.5 Å². The molecule has 0 saturated heterocycles. The van der Waals surface area contributed by atoms with Crippen molar-refractivity contribution in [1.29, 1.82) is 0 Å². The second kappa shape index (κ2) is 9.82. The van der Waals surface area contributed by atoms with Crippen LogP contribution in [0.2, 0.25) is 5.02 Å². The Labute approximate surface area is 175 Å². The molecule has 1 aromatic rings. The van der Waals surface area contributed by atoms with E-state index in [1.54, 1.807) is 39.0 Å². The van der Waals surface area contributed by atoms with Crippen LogP contribution in [0.1, 0.15) is 40.2 Å². The van der Waals surface area contributed by atoms with Gasteiger partial charge in [-0.15, -0.1) is 0 Å². The van der Waals surface area contributed by atoms with Gasteiger partial charge in [0.2, 0.25) is 5.91 Å². The molecule has 0 saturated carbocycles.